The van der Waals surface area contributed by atoms with Gasteiger partial charge >= 0.3 is 0 Å². The molecule has 152 valence electrons. The third-order valence-corrected chi connectivity index (χ3v) is 4.99. The zero-order valence-corrected chi connectivity index (χ0v) is 17.4. The maximum Gasteiger partial charge on any atom is 0.226 e. The van der Waals surface area contributed by atoms with E-state index in [9.17, 15) is 9.59 Å². The smallest absolute Gasteiger partial charge is 0.226 e. The molecule has 27 heavy (non-hydrogen) atoms. The van der Waals surface area contributed by atoms with Crippen LogP contribution in [0.25, 0.3) is 0 Å². The Labute approximate surface area is 172 Å². The number of hydrogen-bond acceptors (Lipinski definition) is 4. The van der Waals surface area contributed by atoms with Crippen LogP contribution in [-0.2, 0) is 9.59 Å². The summed E-state index contributed by atoms with van der Waals surface area (Å²) in [5, 5.41) is 9.49. The van der Waals surface area contributed by atoms with Crippen LogP contribution >= 0.6 is 24.0 Å². The van der Waals surface area contributed by atoms with E-state index in [-0.39, 0.29) is 30.6 Å². The van der Waals surface area contributed by atoms with Crippen molar-refractivity contribution in [1.82, 2.24) is 10.6 Å². The first-order valence-electron chi connectivity index (χ1n) is 9.10. The highest BCUT2D eigenvalue weighted by Crippen LogP contribution is 2.27. The van der Waals surface area contributed by atoms with Crippen molar-refractivity contribution in [2.24, 2.45) is 11.8 Å². The number of halogens is 2. The van der Waals surface area contributed by atoms with Crippen molar-refractivity contribution in [1.29, 1.82) is 0 Å². The number of hydrogen-bond donors (Lipinski definition) is 3. The van der Waals surface area contributed by atoms with E-state index in [0.29, 0.717) is 41.3 Å². The summed E-state index contributed by atoms with van der Waals surface area (Å²) in [6, 6.07) is 5.03. The number of rotatable bonds is 8. The number of methoxy groups -OCH3 is 1. The van der Waals surface area contributed by atoms with Gasteiger partial charge in [0.2, 0.25) is 11.8 Å². The Balaban J connectivity index is 0.00000364. The van der Waals surface area contributed by atoms with Gasteiger partial charge in [0.15, 0.2) is 0 Å². The molecule has 1 saturated heterocycles. The molecule has 2 atom stereocenters. The van der Waals surface area contributed by atoms with Crippen LogP contribution in [-0.4, -0.2) is 38.6 Å². The van der Waals surface area contributed by atoms with Crippen LogP contribution in [0.15, 0.2) is 18.2 Å². The number of carbonyl (C=O) groups is 2. The fourth-order valence-electron chi connectivity index (χ4n) is 3.20. The molecule has 0 aliphatic carbocycles. The maximum atomic E-state index is 12.1. The van der Waals surface area contributed by atoms with E-state index in [1.165, 1.54) is 20.0 Å². The molecule has 8 heteroatoms. The Morgan fingerprint density at radius 2 is 2.15 bits per heavy atom. The highest BCUT2D eigenvalue weighted by atomic mass is 35.5. The highest BCUT2D eigenvalue weighted by molar-refractivity contribution is 6.31. The molecule has 0 saturated carbocycles. The van der Waals surface area contributed by atoms with Crippen molar-refractivity contribution in [3.63, 3.8) is 0 Å². The van der Waals surface area contributed by atoms with Gasteiger partial charge in [-0.3, -0.25) is 9.59 Å². The quantitative estimate of drug-likeness (QED) is 0.606. The summed E-state index contributed by atoms with van der Waals surface area (Å²) in [6.45, 7) is 4.48. The summed E-state index contributed by atoms with van der Waals surface area (Å²) in [7, 11) is 1.53. The van der Waals surface area contributed by atoms with Gasteiger partial charge in [0, 0.05) is 24.4 Å². The predicted octanol–water partition coefficient (Wildman–Crippen LogP) is 3.24. The molecule has 1 fully saturated rings. The Morgan fingerprint density at radius 1 is 1.37 bits per heavy atom. The molecule has 0 radical (unpaired) electrons. The monoisotopic (exact) mass is 417 g/mol. The van der Waals surface area contributed by atoms with Crippen LogP contribution in [0.3, 0.4) is 0 Å². The van der Waals surface area contributed by atoms with Crippen molar-refractivity contribution in [2.75, 3.05) is 32.1 Å². The molecule has 0 spiro atoms. The zero-order valence-electron chi connectivity index (χ0n) is 15.8. The van der Waals surface area contributed by atoms with Gasteiger partial charge in [-0.2, -0.15) is 0 Å². The summed E-state index contributed by atoms with van der Waals surface area (Å²) >= 11 is 5.95. The van der Waals surface area contributed by atoms with Crippen molar-refractivity contribution in [2.45, 2.75) is 32.6 Å². The Hall–Kier alpha value is -1.50. The summed E-state index contributed by atoms with van der Waals surface area (Å²) in [6.07, 6.45) is 3.03. The first-order chi connectivity index (χ1) is 12.5. The highest BCUT2D eigenvalue weighted by Gasteiger charge is 2.21. The van der Waals surface area contributed by atoms with E-state index in [0.717, 1.165) is 13.1 Å². The lowest BCUT2D eigenvalue weighted by Gasteiger charge is -2.28. The first kappa shape index (κ1) is 23.5. The number of nitrogens with one attached hydrogen (secondary N) is 3. The molecule has 1 aliphatic rings. The molecule has 1 aliphatic heterocycles. The summed E-state index contributed by atoms with van der Waals surface area (Å²) in [5.74, 6) is 1.23. The molecule has 0 bridgehead atoms. The summed E-state index contributed by atoms with van der Waals surface area (Å²) in [4.78, 5) is 24.2. The van der Waals surface area contributed by atoms with E-state index in [4.69, 9.17) is 16.3 Å². The molecule has 2 rings (SSSR count). The predicted molar refractivity (Wildman–Crippen MR) is 111 cm³/mol. The molecule has 1 aromatic carbocycles. The van der Waals surface area contributed by atoms with Crippen molar-refractivity contribution >= 4 is 41.5 Å². The number of ether oxygens (including phenoxy) is 1. The van der Waals surface area contributed by atoms with Gasteiger partial charge in [-0.05, 0) is 56.0 Å². The minimum atomic E-state index is -0.199. The van der Waals surface area contributed by atoms with Crippen molar-refractivity contribution < 1.29 is 14.3 Å². The maximum absolute atomic E-state index is 12.1. The molecule has 0 aromatic heterocycles. The lowest BCUT2D eigenvalue weighted by molar-refractivity contribution is -0.122. The summed E-state index contributed by atoms with van der Waals surface area (Å²) in [5.41, 5.74) is 0.523. The minimum absolute atomic E-state index is 0. The van der Waals surface area contributed by atoms with Gasteiger partial charge in [-0.25, -0.2) is 0 Å². The number of carbonyl (C=O) groups excluding carboxylic acids is 2. The molecule has 1 heterocycles. The van der Waals surface area contributed by atoms with Crippen LogP contribution in [0.1, 0.15) is 32.6 Å². The standard InChI is InChI=1S/C19H28ClN3O3.ClH/c1-13(14-4-3-8-21-12-14)10-19(25)22-9-7-18(24)23-16-11-15(20)5-6-17(16)26-2;/h5-6,11,13-14,21H,3-4,7-10,12H2,1-2H3,(H,22,25)(H,23,24);1H. The third-order valence-electron chi connectivity index (χ3n) is 4.76. The lowest BCUT2D eigenvalue weighted by Crippen LogP contribution is -2.36. The fraction of sp³-hybridized carbons (Fsp3) is 0.579. The van der Waals surface area contributed by atoms with Gasteiger partial charge in [0.1, 0.15) is 5.75 Å². The van der Waals surface area contributed by atoms with Crippen molar-refractivity contribution in [3.05, 3.63) is 23.2 Å². The average Bonchev–Trinajstić information content (AvgIpc) is 2.62. The molecular weight excluding hydrogens is 389 g/mol. The molecular formula is C19H29Cl2N3O3. The second-order valence-electron chi connectivity index (χ2n) is 6.78. The first-order valence-corrected chi connectivity index (χ1v) is 9.48. The van der Waals surface area contributed by atoms with Crippen LogP contribution in [0.4, 0.5) is 5.69 Å². The second kappa shape index (κ2) is 12.1. The number of anilines is 1. The van der Waals surface area contributed by atoms with Gasteiger partial charge in [-0.15, -0.1) is 12.4 Å². The van der Waals surface area contributed by atoms with Gasteiger partial charge < -0.3 is 20.7 Å². The molecule has 3 N–H and O–H groups in total. The Morgan fingerprint density at radius 3 is 2.81 bits per heavy atom. The van der Waals surface area contributed by atoms with Crippen LogP contribution in [0.5, 0.6) is 5.75 Å². The van der Waals surface area contributed by atoms with Gasteiger partial charge in [-0.1, -0.05) is 18.5 Å². The number of benzene rings is 1. The van der Waals surface area contributed by atoms with E-state index in [1.54, 1.807) is 18.2 Å². The van der Waals surface area contributed by atoms with E-state index >= 15 is 0 Å². The molecule has 2 amide bonds. The zero-order chi connectivity index (χ0) is 18.9. The van der Waals surface area contributed by atoms with E-state index in [1.807, 2.05) is 0 Å². The van der Waals surface area contributed by atoms with Crippen LogP contribution in [0.2, 0.25) is 5.02 Å². The molecule has 1 aromatic rings. The summed E-state index contributed by atoms with van der Waals surface area (Å²) < 4.78 is 5.20. The van der Waals surface area contributed by atoms with Crippen molar-refractivity contribution in [3.8, 4) is 5.75 Å². The number of amides is 2. The van der Waals surface area contributed by atoms with E-state index in [2.05, 4.69) is 22.9 Å². The largest absolute Gasteiger partial charge is 0.495 e. The number of piperidine rings is 1. The average molecular weight is 418 g/mol. The minimum Gasteiger partial charge on any atom is -0.495 e. The van der Waals surface area contributed by atoms with E-state index < -0.39 is 0 Å². The molecule has 6 nitrogen and oxygen atoms in total. The second-order valence-corrected chi connectivity index (χ2v) is 7.22. The normalized spacial score (nSPS) is 17.4. The Bertz CT molecular complexity index is 622. The molecule has 2 unspecified atom stereocenters. The third kappa shape index (κ3) is 7.95. The SMILES string of the molecule is COc1ccc(Cl)cc1NC(=O)CCNC(=O)CC(C)C1CCCNC1.Cl. The fourth-order valence-corrected chi connectivity index (χ4v) is 3.37. The van der Waals surface area contributed by atoms with Gasteiger partial charge in [0.05, 0.1) is 12.8 Å². The van der Waals surface area contributed by atoms with Gasteiger partial charge in [0.25, 0.3) is 0 Å². The van der Waals surface area contributed by atoms with Crippen LogP contribution in [0, 0.1) is 11.8 Å². The Kier molecular flexibility index (Phi) is 10.5. The van der Waals surface area contributed by atoms with Crippen LogP contribution < -0.4 is 20.7 Å². The topological polar surface area (TPSA) is 79.5 Å². The lowest BCUT2D eigenvalue weighted by atomic mass is 9.85.